The van der Waals surface area contributed by atoms with Crippen LogP contribution in [0.5, 0.6) is 0 Å². The van der Waals surface area contributed by atoms with Gasteiger partial charge in [0.25, 0.3) is 0 Å². The second-order valence-corrected chi connectivity index (χ2v) is 12.8. The fourth-order valence-corrected chi connectivity index (χ4v) is 7.27. The largest absolute Gasteiger partial charge is 0.389 e. The number of aliphatic hydroxyl groups is 1. The number of amides is 2. The number of thiazole rings is 1. The molecular weight excluding hydrogens is 567 g/mol. The fraction of sp³-hybridized carbons (Fsp3) is 0.419. The number of carbonyl (C=O) groups is 1. The monoisotopic (exact) mass is 600 g/mol. The third kappa shape index (κ3) is 5.06. The van der Waals surface area contributed by atoms with Crippen LogP contribution < -0.4 is 10.2 Å². The van der Waals surface area contributed by atoms with Gasteiger partial charge in [0.1, 0.15) is 22.5 Å². The highest BCUT2D eigenvalue weighted by atomic mass is 32.1. The molecule has 2 N–H and O–H groups in total. The standard InChI is InChI=1S/C31H33FN8O2S/c1-2-25-24(15-34-29-35-28(27(14-33)43-29)20-3-5-21(32)6-4-20)26-13-22(7-10-40(26)36-25)39-18-31(19-39)8-11-37(12-9-31)30(42)38-16-23(41)17-38/h3-7,10,13,23,41H,2,8-9,11-12,15-19H2,1H3,(H,34,35). The van der Waals surface area contributed by atoms with Crippen molar-refractivity contribution in [2.75, 3.05) is 49.5 Å². The molecule has 0 radical (unpaired) electrons. The number of carbonyl (C=O) groups excluding carboxylic acids is 1. The summed E-state index contributed by atoms with van der Waals surface area (Å²) < 4.78 is 15.4. The van der Waals surface area contributed by atoms with Gasteiger partial charge < -0.3 is 25.1 Å². The summed E-state index contributed by atoms with van der Waals surface area (Å²) in [5.41, 5.74) is 5.80. The van der Waals surface area contributed by atoms with E-state index in [1.165, 1.54) is 23.5 Å². The quantitative estimate of drug-likeness (QED) is 0.339. The predicted octanol–water partition coefficient (Wildman–Crippen LogP) is 4.34. The van der Waals surface area contributed by atoms with Gasteiger partial charge in [-0.3, -0.25) is 0 Å². The van der Waals surface area contributed by atoms with Crippen molar-refractivity contribution >= 4 is 33.7 Å². The third-order valence-corrected chi connectivity index (χ3v) is 9.96. The number of hydrogen-bond acceptors (Lipinski definition) is 8. The minimum absolute atomic E-state index is 0.0589. The average Bonchev–Trinajstić information content (AvgIpc) is 3.57. The Balaban J connectivity index is 1.03. The Morgan fingerprint density at radius 2 is 1.93 bits per heavy atom. The highest BCUT2D eigenvalue weighted by Crippen LogP contribution is 2.43. The van der Waals surface area contributed by atoms with E-state index in [2.05, 4.69) is 40.3 Å². The Labute approximate surface area is 253 Å². The van der Waals surface area contributed by atoms with Crippen molar-refractivity contribution in [3.63, 3.8) is 0 Å². The van der Waals surface area contributed by atoms with Crippen LogP contribution >= 0.6 is 11.3 Å². The van der Waals surface area contributed by atoms with E-state index in [9.17, 15) is 19.6 Å². The van der Waals surface area contributed by atoms with Gasteiger partial charge in [-0.05, 0) is 55.7 Å². The van der Waals surface area contributed by atoms with E-state index in [0.717, 1.165) is 67.9 Å². The molecule has 0 saturated carbocycles. The number of fused-ring (bicyclic) bond motifs is 1. The number of aromatic nitrogens is 3. The number of nitriles is 1. The number of urea groups is 1. The van der Waals surface area contributed by atoms with Gasteiger partial charge in [0.15, 0.2) is 5.13 Å². The number of aryl methyl sites for hydroxylation is 1. The molecule has 7 rings (SSSR count). The Bertz CT molecular complexity index is 1710. The van der Waals surface area contributed by atoms with E-state index in [-0.39, 0.29) is 23.4 Å². The van der Waals surface area contributed by atoms with Crippen molar-refractivity contribution in [2.24, 2.45) is 5.41 Å². The molecule has 6 heterocycles. The maximum atomic E-state index is 13.4. The van der Waals surface area contributed by atoms with Gasteiger partial charge in [0, 0.05) is 61.1 Å². The Morgan fingerprint density at radius 1 is 1.19 bits per heavy atom. The lowest BCUT2D eigenvalue weighted by Gasteiger charge is -2.55. The molecule has 4 aromatic rings. The summed E-state index contributed by atoms with van der Waals surface area (Å²) in [7, 11) is 0. The normalized spacial score (nSPS) is 18.0. The molecule has 12 heteroatoms. The van der Waals surface area contributed by atoms with Crippen LogP contribution in [-0.2, 0) is 13.0 Å². The second kappa shape index (κ2) is 10.8. The molecule has 10 nitrogen and oxygen atoms in total. The molecule has 43 heavy (non-hydrogen) atoms. The molecule has 1 spiro atoms. The predicted molar refractivity (Wildman–Crippen MR) is 163 cm³/mol. The molecule has 0 bridgehead atoms. The number of hydrogen-bond donors (Lipinski definition) is 2. The molecule has 0 atom stereocenters. The highest BCUT2D eigenvalue weighted by Gasteiger charge is 2.46. The lowest BCUT2D eigenvalue weighted by molar-refractivity contribution is 0.00545. The Hall–Kier alpha value is -4.21. The molecule has 3 saturated heterocycles. The van der Waals surface area contributed by atoms with Crippen LogP contribution in [0.15, 0.2) is 42.6 Å². The lowest BCUT2D eigenvalue weighted by Crippen LogP contribution is -2.63. The summed E-state index contributed by atoms with van der Waals surface area (Å²) in [5.74, 6) is -0.328. The van der Waals surface area contributed by atoms with Crippen molar-refractivity contribution in [1.82, 2.24) is 24.4 Å². The van der Waals surface area contributed by atoms with E-state index in [0.29, 0.717) is 40.9 Å². The first-order valence-corrected chi connectivity index (χ1v) is 15.5. The van der Waals surface area contributed by atoms with Crippen molar-refractivity contribution in [3.05, 3.63) is 64.5 Å². The molecule has 3 fully saturated rings. The minimum atomic E-state index is -0.373. The summed E-state index contributed by atoms with van der Waals surface area (Å²) in [5, 5.41) is 28.1. The average molecular weight is 601 g/mol. The maximum Gasteiger partial charge on any atom is 0.320 e. The number of pyridine rings is 1. The van der Waals surface area contributed by atoms with E-state index < -0.39 is 0 Å². The van der Waals surface area contributed by atoms with Gasteiger partial charge in [-0.2, -0.15) is 10.4 Å². The van der Waals surface area contributed by atoms with E-state index in [1.54, 1.807) is 17.0 Å². The van der Waals surface area contributed by atoms with Crippen molar-refractivity contribution in [2.45, 2.75) is 38.8 Å². The number of rotatable bonds is 6. The smallest absolute Gasteiger partial charge is 0.320 e. The van der Waals surface area contributed by atoms with Crippen LogP contribution in [0.2, 0.25) is 0 Å². The molecule has 222 valence electrons. The first-order chi connectivity index (χ1) is 20.8. The van der Waals surface area contributed by atoms with Crippen LogP contribution in [0.3, 0.4) is 0 Å². The maximum absolute atomic E-state index is 13.4. The zero-order valence-corrected chi connectivity index (χ0v) is 24.8. The zero-order valence-electron chi connectivity index (χ0n) is 24.0. The van der Waals surface area contributed by atoms with E-state index in [1.807, 2.05) is 15.6 Å². The Morgan fingerprint density at radius 3 is 2.60 bits per heavy atom. The van der Waals surface area contributed by atoms with Crippen molar-refractivity contribution < 1.29 is 14.3 Å². The van der Waals surface area contributed by atoms with Gasteiger partial charge >= 0.3 is 6.03 Å². The molecule has 3 aliphatic rings. The highest BCUT2D eigenvalue weighted by molar-refractivity contribution is 7.16. The van der Waals surface area contributed by atoms with Gasteiger partial charge in [0.2, 0.25) is 0 Å². The fourth-order valence-electron chi connectivity index (χ4n) is 6.49. The summed E-state index contributed by atoms with van der Waals surface area (Å²) in [6.45, 7) is 6.98. The van der Waals surface area contributed by atoms with Crippen LogP contribution in [0.1, 0.15) is 35.9 Å². The lowest BCUT2D eigenvalue weighted by atomic mass is 9.72. The van der Waals surface area contributed by atoms with Crippen molar-refractivity contribution in [3.8, 4) is 17.3 Å². The van der Waals surface area contributed by atoms with E-state index in [4.69, 9.17) is 5.10 Å². The molecule has 3 aromatic heterocycles. The number of piperidine rings is 1. The number of anilines is 2. The van der Waals surface area contributed by atoms with Gasteiger partial charge in [-0.15, -0.1) is 0 Å². The first-order valence-electron chi connectivity index (χ1n) is 14.7. The number of aliphatic hydroxyl groups excluding tert-OH is 1. The number of nitrogens with one attached hydrogen (secondary N) is 1. The summed E-state index contributed by atoms with van der Waals surface area (Å²) in [4.78, 5) is 23.9. The number of likely N-dealkylation sites (tertiary alicyclic amines) is 2. The summed E-state index contributed by atoms with van der Waals surface area (Å²) in [6, 6.07) is 12.6. The first kappa shape index (κ1) is 27.6. The minimum Gasteiger partial charge on any atom is -0.389 e. The van der Waals surface area contributed by atoms with Crippen molar-refractivity contribution in [1.29, 1.82) is 5.26 Å². The van der Waals surface area contributed by atoms with E-state index >= 15 is 0 Å². The Kier molecular flexibility index (Phi) is 6.94. The third-order valence-electron chi connectivity index (χ3n) is 9.05. The number of nitrogens with zero attached hydrogens (tertiary/aromatic N) is 7. The zero-order chi connectivity index (χ0) is 29.7. The summed E-state index contributed by atoms with van der Waals surface area (Å²) >= 11 is 1.29. The van der Waals surface area contributed by atoms with Crippen LogP contribution in [0.25, 0.3) is 16.8 Å². The molecule has 2 amide bonds. The summed E-state index contributed by atoms with van der Waals surface area (Å²) in [6.07, 6.45) is 4.42. The number of β-amino-alcohol motifs (C(OH)–C–C–N with tert-alkyl or cyclic N) is 1. The van der Waals surface area contributed by atoms with Crippen LogP contribution in [0, 0.1) is 22.6 Å². The van der Waals surface area contributed by atoms with Gasteiger partial charge in [0.05, 0.1) is 30.4 Å². The SMILES string of the molecule is CCc1nn2ccc(N3CC4(CCN(C(=O)N5CC(O)C5)CC4)C3)cc2c1CNc1nc(-c2ccc(F)cc2)c(C#N)s1. The van der Waals surface area contributed by atoms with Crippen LogP contribution in [-0.4, -0.2) is 80.9 Å². The molecule has 1 aromatic carbocycles. The van der Waals surface area contributed by atoms with Crippen LogP contribution in [0.4, 0.5) is 20.0 Å². The number of halogens is 1. The topological polar surface area (TPSA) is 113 Å². The number of benzene rings is 1. The molecule has 0 aliphatic carbocycles. The molecule has 0 unspecified atom stereocenters. The molecule has 3 aliphatic heterocycles. The van der Waals surface area contributed by atoms with Gasteiger partial charge in [-0.1, -0.05) is 18.3 Å². The van der Waals surface area contributed by atoms with Gasteiger partial charge in [-0.25, -0.2) is 18.7 Å². The second-order valence-electron chi connectivity index (χ2n) is 11.8. The molecular formula is C31H33FN8O2S.